The Bertz CT molecular complexity index is 531. The van der Waals surface area contributed by atoms with E-state index in [1.54, 1.807) is 0 Å². The van der Waals surface area contributed by atoms with Gasteiger partial charge in [-0.05, 0) is 38.1 Å². The molecule has 0 atom stereocenters. The fourth-order valence-electron chi connectivity index (χ4n) is 2.42. The lowest BCUT2D eigenvalue weighted by Crippen LogP contribution is -2.30. The van der Waals surface area contributed by atoms with Crippen LogP contribution in [0, 0.1) is 0 Å². The average molecular weight is 263 g/mol. The van der Waals surface area contributed by atoms with Crippen molar-refractivity contribution in [3.8, 4) is 11.3 Å². The number of rotatable bonds is 2. The lowest BCUT2D eigenvalue weighted by molar-refractivity contribution is 0.340. The van der Waals surface area contributed by atoms with E-state index in [0.29, 0.717) is 6.04 Å². The van der Waals surface area contributed by atoms with Crippen molar-refractivity contribution in [3.05, 3.63) is 35.5 Å². The fraction of sp³-hybridized carbons (Fsp3) is 0.385. The molecule has 1 saturated heterocycles. The summed E-state index contributed by atoms with van der Waals surface area (Å²) in [6.45, 7) is 2.08. The second kappa shape index (κ2) is 5.08. The second-order valence-electron chi connectivity index (χ2n) is 4.56. The number of hydrogen-bond acceptors (Lipinski definition) is 3. The molecule has 1 aliphatic heterocycles. The standard InChI is InChI=1S/C13H15ClN4/c14-11-3-1-2-10(8-11)13-9-16-17-18(13)12-4-6-15-7-5-12/h1-3,8-9,12,15H,4-7H2. The number of benzene rings is 1. The second-order valence-corrected chi connectivity index (χ2v) is 4.99. The molecule has 2 heterocycles. The van der Waals surface area contributed by atoms with Crippen molar-refractivity contribution in [2.24, 2.45) is 0 Å². The molecule has 0 aliphatic carbocycles. The summed E-state index contributed by atoms with van der Waals surface area (Å²) in [5.74, 6) is 0. The highest BCUT2D eigenvalue weighted by molar-refractivity contribution is 6.30. The van der Waals surface area contributed by atoms with Gasteiger partial charge in [-0.2, -0.15) is 0 Å². The molecule has 0 saturated carbocycles. The van der Waals surface area contributed by atoms with Crippen LogP contribution >= 0.6 is 11.6 Å². The largest absolute Gasteiger partial charge is 0.317 e. The van der Waals surface area contributed by atoms with E-state index in [2.05, 4.69) is 15.6 Å². The molecule has 0 bridgehead atoms. The van der Waals surface area contributed by atoms with E-state index in [1.807, 2.05) is 35.1 Å². The summed E-state index contributed by atoms with van der Waals surface area (Å²) in [6.07, 6.45) is 4.00. The van der Waals surface area contributed by atoms with Crippen LogP contribution in [0.1, 0.15) is 18.9 Å². The van der Waals surface area contributed by atoms with Gasteiger partial charge in [0.2, 0.25) is 0 Å². The van der Waals surface area contributed by atoms with Gasteiger partial charge in [-0.1, -0.05) is 28.9 Å². The Kier molecular flexibility index (Phi) is 3.30. The van der Waals surface area contributed by atoms with Gasteiger partial charge in [0.25, 0.3) is 0 Å². The average Bonchev–Trinajstić information content (AvgIpc) is 2.89. The van der Waals surface area contributed by atoms with E-state index in [-0.39, 0.29) is 0 Å². The molecule has 1 aliphatic rings. The number of halogens is 1. The zero-order chi connectivity index (χ0) is 12.4. The predicted octanol–water partition coefficient (Wildman–Crippen LogP) is 2.52. The maximum absolute atomic E-state index is 6.04. The van der Waals surface area contributed by atoms with Crippen molar-refractivity contribution in [1.82, 2.24) is 20.3 Å². The van der Waals surface area contributed by atoms with Crippen LogP contribution in [0.3, 0.4) is 0 Å². The van der Waals surface area contributed by atoms with Crippen molar-refractivity contribution in [3.63, 3.8) is 0 Å². The minimum Gasteiger partial charge on any atom is -0.317 e. The van der Waals surface area contributed by atoms with Gasteiger partial charge in [-0.3, -0.25) is 0 Å². The Labute approximate surface area is 111 Å². The van der Waals surface area contributed by atoms with E-state index in [1.165, 1.54) is 0 Å². The first-order chi connectivity index (χ1) is 8.84. The highest BCUT2D eigenvalue weighted by Crippen LogP contribution is 2.27. The van der Waals surface area contributed by atoms with Gasteiger partial charge in [0.1, 0.15) is 0 Å². The maximum Gasteiger partial charge on any atom is 0.0889 e. The Hall–Kier alpha value is -1.39. The molecule has 4 nitrogen and oxygen atoms in total. The normalized spacial score (nSPS) is 16.9. The summed E-state index contributed by atoms with van der Waals surface area (Å²) in [6, 6.07) is 8.27. The summed E-state index contributed by atoms with van der Waals surface area (Å²) >= 11 is 6.04. The molecule has 1 N–H and O–H groups in total. The molecule has 0 spiro atoms. The van der Waals surface area contributed by atoms with E-state index < -0.39 is 0 Å². The van der Waals surface area contributed by atoms with Crippen molar-refractivity contribution >= 4 is 11.6 Å². The van der Waals surface area contributed by atoms with Crippen LogP contribution in [0.4, 0.5) is 0 Å². The lowest BCUT2D eigenvalue weighted by Gasteiger charge is -2.24. The molecular weight excluding hydrogens is 248 g/mol. The first-order valence-electron chi connectivity index (χ1n) is 6.21. The van der Waals surface area contributed by atoms with Gasteiger partial charge in [0.05, 0.1) is 17.9 Å². The third kappa shape index (κ3) is 2.26. The first kappa shape index (κ1) is 11.7. The van der Waals surface area contributed by atoms with Crippen LogP contribution in [-0.4, -0.2) is 28.1 Å². The highest BCUT2D eigenvalue weighted by atomic mass is 35.5. The van der Waals surface area contributed by atoms with E-state index in [4.69, 9.17) is 11.6 Å². The highest BCUT2D eigenvalue weighted by Gasteiger charge is 2.19. The monoisotopic (exact) mass is 262 g/mol. The van der Waals surface area contributed by atoms with Crippen molar-refractivity contribution in [1.29, 1.82) is 0 Å². The van der Waals surface area contributed by atoms with Crippen LogP contribution in [0.5, 0.6) is 0 Å². The zero-order valence-corrected chi connectivity index (χ0v) is 10.8. The molecule has 1 aromatic carbocycles. The minimum atomic E-state index is 0.433. The van der Waals surface area contributed by atoms with Crippen molar-refractivity contribution in [2.45, 2.75) is 18.9 Å². The maximum atomic E-state index is 6.04. The van der Waals surface area contributed by atoms with E-state index in [9.17, 15) is 0 Å². The molecule has 5 heteroatoms. The quantitative estimate of drug-likeness (QED) is 0.904. The topological polar surface area (TPSA) is 42.7 Å². The number of hydrogen-bond donors (Lipinski definition) is 1. The van der Waals surface area contributed by atoms with Gasteiger partial charge < -0.3 is 5.32 Å². The smallest absolute Gasteiger partial charge is 0.0889 e. The third-order valence-corrected chi connectivity index (χ3v) is 3.58. The SMILES string of the molecule is Clc1cccc(-c2cnnn2C2CCNCC2)c1. The number of nitrogens with zero attached hydrogens (tertiary/aromatic N) is 3. The van der Waals surface area contributed by atoms with Crippen LogP contribution in [0.2, 0.25) is 5.02 Å². The fourth-order valence-corrected chi connectivity index (χ4v) is 2.61. The van der Waals surface area contributed by atoms with E-state index in [0.717, 1.165) is 42.2 Å². The van der Waals surface area contributed by atoms with Crippen LogP contribution < -0.4 is 5.32 Å². The Morgan fingerprint density at radius 2 is 2.11 bits per heavy atom. The molecule has 94 valence electrons. The zero-order valence-electron chi connectivity index (χ0n) is 10.0. The van der Waals surface area contributed by atoms with Gasteiger partial charge in [0.15, 0.2) is 0 Å². The van der Waals surface area contributed by atoms with Gasteiger partial charge in [-0.15, -0.1) is 5.10 Å². The Morgan fingerprint density at radius 1 is 1.28 bits per heavy atom. The molecule has 18 heavy (non-hydrogen) atoms. The number of aromatic nitrogens is 3. The molecule has 0 unspecified atom stereocenters. The van der Waals surface area contributed by atoms with Gasteiger partial charge in [0, 0.05) is 10.6 Å². The number of nitrogens with one attached hydrogen (secondary N) is 1. The molecule has 0 radical (unpaired) electrons. The molecule has 0 amide bonds. The Balaban J connectivity index is 1.95. The molecular formula is C13H15ClN4. The van der Waals surface area contributed by atoms with Crippen LogP contribution in [0.15, 0.2) is 30.5 Å². The van der Waals surface area contributed by atoms with E-state index >= 15 is 0 Å². The van der Waals surface area contributed by atoms with Crippen molar-refractivity contribution in [2.75, 3.05) is 13.1 Å². The van der Waals surface area contributed by atoms with Crippen LogP contribution in [0.25, 0.3) is 11.3 Å². The molecule has 3 rings (SSSR count). The predicted molar refractivity (Wildman–Crippen MR) is 71.6 cm³/mol. The Morgan fingerprint density at radius 3 is 2.89 bits per heavy atom. The summed E-state index contributed by atoms with van der Waals surface area (Å²) in [7, 11) is 0. The van der Waals surface area contributed by atoms with Gasteiger partial charge in [-0.25, -0.2) is 4.68 Å². The lowest BCUT2D eigenvalue weighted by atomic mass is 10.1. The molecule has 2 aromatic rings. The summed E-state index contributed by atoms with van der Waals surface area (Å²) in [4.78, 5) is 0. The summed E-state index contributed by atoms with van der Waals surface area (Å²) < 4.78 is 2.03. The van der Waals surface area contributed by atoms with Crippen LogP contribution in [-0.2, 0) is 0 Å². The minimum absolute atomic E-state index is 0.433. The third-order valence-electron chi connectivity index (χ3n) is 3.35. The summed E-state index contributed by atoms with van der Waals surface area (Å²) in [5, 5.41) is 12.4. The van der Waals surface area contributed by atoms with Crippen molar-refractivity contribution < 1.29 is 0 Å². The summed E-state index contributed by atoms with van der Waals surface area (Å²) in [5.41, 5.74) is 2.12. The first-order valence-corrected chi connectivity index (χ1v) is 6.59. The number of piperidine rings is 1. The molecule has 1 fully saturated rings. The van der Waals surface area contributed by atoms with Gasteiger partial charge >= 0.3 is 0 Å². The molecule has 1 aromatic heterocycles.